The highest BCUT2D eigenvalue weighted by molar-refractivity contribution is 4.86. The monoisotopic (exact) mass is 297 g/mol. The van der Waals surface area contributed by atoms with Crippen molar-refractivity contribution in [3.63, 3.8) is 0 Å². The zero-order valence-corrected chi connectivity index (χ0v) is 13.5. The Bertz CT molecular complexity index is 422. The third-order valence-electron chi connectivity index (χ3n) is 4.04. The molecule has 6 heteroatoms. The Kier molecular flexibility index (Phi) is 5.37. The van der Waals surface area contributed by atoms with E-state index in [4.69, 9.17) is 14.5 Å². The van der Waals surface area contributed by atoms with E-state index in [0.717, 1.165) is 32.5 Å². The molecule has 1 aliphatic rings. The van der Waals surface area contributed by atoms with Gasteiger partial charge < -0.3 is 14.6 Å². The van der Waals surface area contributed by atoms with Crippen LogP contribution in [0.15, 0.2) is 18.7 Å². The highest BCUT2D eigenvalue weighted by Crippen LogP contribution is 2.37. The average molecular weight is 297 g/mol. The lowest BCUT2D eigenvalue weighted by Crippen LogP contribution is -2.53. The summed E-state index contributed by atoms with van der Waals surface area (Å²) in [5.41, 5.74) is -0.277. The number of imidazole rings is 1. The third kappa shape index (κ3) is 4.51. The van der Waals surface area contributed by atoms with Gasteiger partial charge in [-0.05, 0) is 40.2 Å². The van der Waals surface area contributed by atoms with E-state index >= 15 is 0 Å². The molecule has 120 valence electrons. The summed E-state index contributed by atoms with van der Waals surface area (Å²) in [5, 5.41) is 3.50. The van der Waals surface area contributed by atoms with Crippen LogP contribution < -0.4 is 5.32 Å². The molecule has 0 amide bonds. The second-order valence-corrected chi connectivity index (χ2v) is 6.41. The second-order valence-electron chi connectivity index (χ2n) is 6.41. The van der Waals surface area contributed by atoms with Gasteiger partial charge in [-0.25, -0.2) is 14.8 Å². The standard InChI is InChI=1S/C15H27N3O3/c1-14(2)10-13(15(3,19-4)21-20-14)11-16-6-5-8-18-9-7-17-12-18/h7,9,12-13,16H,5-6,8,10-11H2,1-4H3/t13-,15-/m1/s1. The molecule has 2 rings (SSSR count). The first-order chi connectivity index (χ1) is 9.95. The highest BCUT2D eigenvalue weighted by atomic mass is 17.2. The Balaban J connectivity index is 1.74. The minimum absolute atomic E-state index is 0.250. The SMILES string of the molecule is CO[C@]1(C)OOC(C)(C)C[C@@H]1CNCCCn1ccnc1. The fourth-order valence-electron chi connectivity index (χ4n) is 2.62. The summed E-state index contributed by atoms with van der Waals surface area (Å²) in [6.07, 6.45) is 7.59. The maximum Gasteiger partial charge on any atom is 0.202 e. The predicted octanol–water partition coefficient (Wildman–Crippen LogP) is 1.97. The first-order valence-corrected chi connectivity index (χ1v) is 7.54. The van der Waals surface area contributed by atoms with Crippen LogP contribution >= 0.6 is 0 Å². The molecule has 0 spiro atoms. The summed E-state index contributed by atoms with van der Waals surface area (Å²) in [4.78, 5) is 14.9. The molecule has 1 aromatic heterocycles. The molecule has 0 saturated carbocycles. The van der Waals surface area contributed by atoms with Gasteiger partial charge in [0.15, 0.2) is 0 Å². The molecule has 1 aromatic rings. The van der Waals surface area contributed by atoms with Crippen LogP contribution in [0.25, 0.3) is 0 Å². The number of hydrogen-bond donors (Lipinski definition) is 1. The van der Waals surface area contributed by atoms with E-state index in [9.17, 15) is 0 Å². The minimum Gasteiger partial charge on any atom is -0.351 e. The van der Waals surface area contributed by atoms with Crippen molar-refractivity contribution >= 4 is 0 Å². The molecule has 0 radical (unpaired) electrons. The summed E-state index contributed by atoms with van der Waals surface area (Å²) in [6, 6.07) is 0. The van der Waals surface area contributed by atoms with Crippen molar-refractivity contribution in [2.45, 2.75) is 51.5 Å². The number of nitrogens with one attached hydrogen (secondary N) is 1. The van der Waals surface area contributed by atoms with E-state index in [1.165, 1.54) is 0 Å². The summed E-state index contributed by atoms with van der Waals surface area (Å²) in [6.45, 7) is 8.78. The van der Waals surface area contributed by atoms with Gasteiger partial charge in [0, 0.05) is 38.5 Å². The van der Waals surface area contributed by atoms with Crippen LogP contribution in [-0.4, -0.2) is 41.1 Å². The Morgan fingerprint density at radius 2 is 2.19 bits per heavy atom. The molecule has 6 nitrogen and oxygen atoms in total. The number of aromatic nitrogens is 2. The van der Waals surface area contributed by atoms with E-state index < -0.39 is 5.79 Å². The molecular formula is C15H27N3O3. The second kappa shape index (κ2) is 6.87. The van der Waals surface area contributed by atoms with E-state index in [0.29, 0.717) is 0 Å². The lowest BCUT2D eigenvalue weighted by atomic mass is 9.86. The fraction of sp³-hybridized carbons (Fsp3) is 0.800. The summed E-state index contributed by atoms with van der Waals surface area (Å²) in [7, 11) is 1.66. The smallest absolute Gasteiger partial charge is 0.202 e. The lowest BCUT2D eigenvalue weighted by Gasteiger charge is -2.44. The van der Waals surface area contributed by atoms with E-state index in [-0.39, 0.29) is 11.5 Å². The van der Waals surface area contributed by atoms with Crippen LogP contribution in [0.4, 0.5) is 0 Å². The first-order valence-electron chi connectivity index (χ1n) is 7.54. The molecule has 0 aliphatic carbocycles. The number of hydrogen-bond acceptors (Lipinski definition) is 5. The molecule has 1 N–H and O–H groups in total. The van der Waals surface area contributed by atoms with Crippen molar-refractivity contribution < 1.29 is 14.5 Å². The van der Waals surface area contributed by atoms with Crippen LogP contribution in [0.5, 0.6) is 0 Å². The molecule has 2 atom stereocenters. The van der Waals surface area contributed by atoms with Crippen molar-refractivity contribution in [1.29, 1.82) is 0 Å². The molecule has 2 heterocycles. The molecule has 21 heavy (non-hydrogen) atoms. The largest absolute Gasteiger partial charge is 0.351 e. The van der Waals surface area contributed by atoms with Crippen molar-refractivity contribution in [1.82, 2.24) is 14.9 Å². The molecular weight excluding hydrogens is 270 g/mol. The van der Waals surface area contributed by atoms with Gasteiger partial charge in [0.25, 0.3) is 0 Å². The Morgan fingerprint density at radius 3 is 2.86 bits per heavy atom. The zero-order chi connectivity index (χ0) is 15.3. The van der Waals surface area contributed by atoms with Crippen molar-refractivity contribution in [2.24, 2.45) is 5.92 Å². The van der Waals surface area contributed by atoms with E-state index in [2.05, 4.69) is 14.9 Å². The van der Waals surface area contributed by atoms with Crippen molar-refractivity contribution in [3.05, 3.63) is 18.7 Å². The number of aryl methyl sites for hydroxylation is 1. The Labute approximate surface area is 126 Å². The average Bonchev–Trinajstić information content (AvgIpc) is 2.95. The number of ether oxygens (including phenoxy) is 1. The normalized spacial score (nSPS) is 28.7. The van der Waals surface area contributed by atoms with E-state index in [1.807, 2.05) is 33.3 Å². The molecule has 1 aliphatic heterocycles. The molecule has 0 bridgehead atoms. The maximum absolute atomic E-state index is 5.50. The van der Waals surface area contributed by atoms with Crippen LogP contribution in [0.1, 0.15) is 33.6 Å². The minimum atomic E-state index is -0.688. The third-order valence-corrected chi connectivity index (χ3v) is 4.04. The first kappa shape index (κ1) is 16.4. The van der Waals surface area contributed by atoms with Gasteiger partial charge in [-0.1, -0.05) is 0 Å². The van der Waals surface area contributed by atoms with Gasteiger partial charge in [0.05, 0.1) is 11.9 Å². The molecule has 0 aromatic carbocycles. The van der Waals surface area contributed by atoms with Crippen LogP contribution in [-0.2, 0) is 21.1 Å². The van der Waals surface area contributed by atoms with Gasteiger partial charge in [-0.3, -0.25) is 0 Å². The van der Waals surface area contributed by atoms with Gasteiger partial charge in [0.1, 0.15) is 0 Å². The topological polar surface area (TPSA) is 57.5 Å². The molecule has 1 fully saturated rings. The van der Waals surface area contributed by atoms with Crippen molar-refractivity contribution in [3.8, 4) is 0 Å². The van der Waals surface area contributed by atoms with E-state index in [1.54, 1.807) is 13.3 Å². The Hall–Kier alpha value is -0.950. The van der Waals surface area contributed by atoms with Gasteiger partial charge in [-0.15, -0.1) is 0 Å². The summed E-state index contributed by atoms with van der Waals surface area (Å²) >= 11 is 0. The zero-order valence-electron chi connectivity index (χ0n) is 13.5. The number of rotatable bonds is 7. The Morgan fingerprint density at radius 1 is 1.38 bits per heavy atom. The van der Waals surface area contributed by atoms with Crippen LogP contribution in [0, 0.1) is 5.92 Å². The quantitative estimate of drug-likeness (QED) is 0.616. The van der Waals surface area contributed by atoms with Crippen LogP contribution in [0.3, 0.4) is 0 Å². The predicted molar refractivity (Wildman–Crippen MR) is 79.5 cm³/mol. The lowest BCUT2D eigenvalue weighted by molar-refractivity contribution is -0.493. The molecule has 1 saturated heterocycles. The highest BCUT2D eigenvalue weighted by Gasteiger charge is 2.46. The number of methoxy groups -OCH3 is 1. The maximum atomic E-state index is 5.50. The number of nitrogens with zero attached hydrogens (tertiary/aromatic N) is 2. The van der Waals surface area contributed by atoms with Gasteiger partial charge >= 0.3 is 0 Å². The summed E-state index contributed by atoms with van der Waals surface area (Å²) in [5.74, 6) is -0.438. The summed E-state index contributed by atoms with van der Waals surface area (Å²) < 4.78 is 7.59. The van der Waals surface area contributed by atoms with Crippen molar-refractivity contribution in [2.75, 3.05) is 20.2 Å². The molecule has 0 unspecified atom stereocenters. The van der Waals surface area contributed by atoms with Gasteiger partial charge in [-0.2, -0.15) is 0 Å². The van der Waals surface area contributed by atoms with Crippen LogP contribution in [0.2, 0.25) is 0 Å². The van der Waals surface area contributed by atoms with Gasteiger partial charge in [0.2, 0.25) is 5.79 Å². The fourth-order valence-corrected chi connectivity index (χ4v) is 2.62.